The molecule has 0 radical (unpaired) electrons. The molecule has 0 amide bonds. The second-order valence-corrected chi connectivity index (χ2v) is 5.33. The maximum atomic E-state index is 12.5. The molecule has 7 heteroatoms. The van der Waals surface area contributed by atoms with Crippen LogP contribution in [-0.2, 0) is 12.6 Å². The van der Waals surface area contributed by atoms with Gasteiger partial charge in [0.1, 0.15) is 0 Å². The van der Waals surface area contributed by atoms with E-state index >= 15 is 0 Å². The number of halogens is 3. The van der Waals surface area contributed by atoms with Crippen LogP contribution in [0.15, 0.2) is 30.6 Å². The number of aromatic nitrogens is 2. The number of rotatable bonds is 5. The van der Waals surface area contributed by atoms with Gasteiger partial charge in [0.25, 0.3) is 0 Å². The van der Waals surface area contributed by atoms with Gasteiger partial charge in [-0.3, -0.25) is 4.98 Å². The summed E-state index contributed by atoms with van der Waals surface area (Å²) in [4.78, 5) is 8.25. The molecule has 2 aromatic heterocycles. The zero-order chi connectivity index (χ0) is 14.6. The molecule has 0 aliphatic carbocycles. The molecule has 108 valence electrons. The molecule has 0 saturated heterocycles. The minimum Gasteiger partial charge on any atom is -0.312 e. The van der Waals surface area contributed by atoms with Crippen molar-refractivity contribution in [3.63, 3.8) is 0 Å². The maximum Gasteiger partial charge on any atom is 0.443 e. The second-order valence-electron chi connectivity index (χ2n) is 4.27. The third kappa shape index (κ3) is 3.77. The van der Waals surface area contributed by atoms with Gasteiger partial charge in [0.05, 0.1) is 0 Å². The van der Waals surface area contributed by atoms with E-state index in [1.165, 1.54) is 6.20 Å². The summed E-state index contributed by atoms with van der Waals surface area (Å²) in [6, 6.07) is 5.48. The van der Waals surface area contributed by atoms with Crippen LogP contribution in [0.2, 0.25) is 0 Å². The topological polar surface area (TPSA) is 37.8 Å². The Hall–Kier alpha value is -1.47. The van der Waals surface area contributed by atoms with Crippen LogP contribution in [0.4, 0.5) is 13.2 Å². The fourth-order valence-electron chi connectivity index (χ4n) is 1.85. The molecular weight excluding hydrogens is 287 g/mol. The van der Waals surface area contributed by atoms with Gasteiger partial charge in [-0.2, -0.15) is 13.2 Å². The van der Waals surface area contributed by atoms with Crippen LogP contribution in [0.5, 0.6) is 0 Å². The number of pyridine rings is 1. The van der Waals surface area contributed by atoms with Gasteiger partial charge in [-0.05, 0) is 32.0 Å². The summed E-state index contributed by atoms with van der Waals surface area (Å²) in [5.74, 6) is 0. The molecule has 2 rings (SSSR count). The second kappa shape index (κ2) is 6.32. The first kappa shape index (κ1) is 14.9. The molecule has 0 spiro atoms. The highest BCUT2D eigenvalue weighted by molar-refractivity contribution is 7.11. The predicted molar refractivity (Wildman–Crippen MR) is 71.5 cm³/mol. The summed E-state index contributed by atoms with van der Waals surface area (Å²) in [5, 5.41) is 2.23. The highest BCUT2D eigenvalue weighted by Crippen LogP contribution is 2.35. The number of hydrogen-bond acceptors (Lipinski definition) is 4. The van der Waals surface area contributed by atoms with E-state index in [2.05, 4.69) is 15.3 Å². The van der Waals surface area contributed by atoms with Crippen LogP contribution >= 0.6 is 11.3 Å². The van der Waals surface area contributed by atoms with Crippen molar-refractivity contribution in [3.05, 3.63) is 46.2 Å². The molecule has 0 fully saturated rings. The van der Waals surface area contributed by atoms with E-state index in [1.807, 2.05) is 18.2 Å². The molecule has 0 aliphatic heterocycles. The molecular formula is C13H14F3N3S. The first-order chi connectivity index (χ1) is 9.50. The van der Waals surface area contributed by atoms with Gasteiger partial charge in [-0.25, -0.2) is 4.98 Å². The summed E-state index contributed by atoms with van der Waals surface area (Å²) in [6.45, 7) is 0. The Bertz CT molecular complexity index is 539. The van der Waals surface area contributed by atoms with Crippen LogP contribution in [0.3, 0.4) is 0 Å². The van der Waals surface area contributed by atoms with Gasteiger partial charge in [0, 0.05) is 29.0 Å². The first-order valence-electron chi connectivity index (χ1n) is 6.11. The highest BCUT2D eigenvalue weighted by atomic mass is 32.1. The SMILES string of the molecule is CNC(CCc1ccccn1)c1cnc(C(F)(F)F)s1. The largest absolute Gasteiger partial charge is 0.443 e. The van der Waals surface area contributed by atoms with Gasteiger partial charge < -0.3 is 5.32 Å². The Balaban J connectivity index is 2.03. The Kier molecular flexibility index (Phi) is 4.72. The van der Waals surface area contributed by atoms with Crippen molar-refractivity contribution >= 4 is 11.3 Å². The zero-order valence-corrected chi connectivity index (χ0v) is 11.6. The van der Waals surface area contributed by atoms with Crippen molar-refractivity contribution in [1.82, 2.24) is 15.3 Å². The van der Waals surface area contributed by atoms with Gasteiger partial charge >= 0.3 is 6.18 Å². The normalized spacial score (nSPS) is 13.4. The molecule has 3 nitrogen and oxygen atoms in total. The van der Waals surface area contributed by atoms with E-state index in [4.69, 9.17) is 0 Å². The molecule has 2 heterocycles. The standard InChI is InChI=1S/C13H14F3N3S/c1-17-10(6-5-9-4-2-3-7-18-9)11-8-19-12(20-11)13(14,15)16/h2-4,7-8,10,17H,5-6H2,1H3. The third-order valence-corrected chi connectivity index (χ3v) is 4.03. The van der Waals surface area contributed by atoms with E-state index in [9.17, 15) is 13.2 Å². The fraction of sp³-hybridized carbons (Fsp3) is 0.385. The number of nitrogens with one attached hydrogen (secondary N) is 1. The number of aryl methyl sites for hydroxylation is 1. The van der Waals surface area contributed by atoms with Crippen molar-refractivity contribution < 1.29 is 13.2 Å². The lowest BCUT2D eigenvalue weighted by Crippen LogP contribution is -2.16. The average Bonchev–Trinajstić information content (AvgIpc) is 2.90. The minimum absolute atomic E-state index is 0.148. The number of thiazole rings is 1. The molecule has 2 aromatic rings. The lowest BCUT2D eigenvalue weighted by Gasteiger charge is -2.13. The summed E-state index contributed by atoms with van der Waals surface area (Å²) >= 11 is 0.689. The summed E-state index contributed by atoms with van der Waals surface area (Å²) < 4.78 is 37.6. The van der Waals surface area contributed by atoms with Crippen LogP contribution in [0.25, 0.3) is 0 Å². The van der Waals surface area contributed by atoms with E-state index in [-0.39, 0.29) is 6.04 Å². The van der Waals surface area contributed by atoms with Crippen LogP contribution in [0.1, 0.15) is 28.0 Å². The molecule has 20 heavy (non-hydrogen) atoms. The Labute approximate surface area is 118 Å². The van der Waals surface area contributed by atoms with Gasteiger partial charge in [-0.1, -0.05) is 6.07 Å². The number of nitrogens with zero attached hydrogens (tertiary/aromatic N) is 2. The Morgan fingerprint density at radius 1 is 1.30 bits per heavy atom. The molecule has 1 atom stereocenters. The fourth-order valence-corrected chi connectivity index (χ4v) is 2.77. The smallest absolute Gasteiger partial charge is 0.312 e. The van der Waals surface area contributed by atoms with Crippen molar-refractivity contribution in [2.45, 2.75) is 25.1 Å². The Morgan fingerprint density at radius 2 is 2.10 bits per heavy atom. The predicted octanol–water partition coefficient (Wildman–Crippen LogP) is 3.45. The van der Waals surface area contributed by atoms with Gasteiger partial charge in [-0.15, -0.1) is 11.3 Å². The monoisotopic (exact) mass is 301 g/mol. The van der Waals surface area contributed by atoms with Crippen molar-refractivity contribution in [3.8, 4) is 0 Å². The zero-order valence-electron chi connectivity index (χ0n) is 10.8. The Morgan fingerprint density at radius 3 is 2.65 bits per heavy atom. The summed E-state index contributed by atoms with van der Waals surface area (Å²) in [5.41, 5.74) is 0.924. The molecule has 0 bridgehead atoms. The molecule has 0 aliphatic rings. The highest BCUT2D eigenvalue weighted by Gasteiger charge is 2.35. The van der Waals surface area contributed by atoms with Crippen molar-refractivity contribution in [1.29, 1.82) is 0 Å². The summed E-state index contributed by atoms with van der Waals surface area (Å²) in [7, 11) is 1.73. The van der Waals surface area contributed by atoms with Crippen LogP contribution in [-0.4, -0.2) is 17.0 Å². The lowest BCUT2D eigenvalue weighted by molar-refractivity contribution is -0.137. The number of alkyl halides is 3. The van der Waals surface area contributed by atoms with Crippen molar-refractivity contribution in [2.24, 2.45) is 0 Å². The van der Waals surface area contributed by atoms with Crippen molar-refractivity contribution in [2.75, 3.05) is 7.05 Å². The minimum atomic E-state index is -4.37. The van der Waals surface area contributed by atoms with Crippen LogP contribution in [0, 0.1) is 0 Å². The van der Waals surface area contributed by atoms with Gasteiger partial charge in [0.15, 0.2) is 5.01 Å². The van der Waals surface area contributed by atoms with E-state index < -0.39 is 11.2 Å². The number of hydrogen-bond donors (Lipinski definition) is 1. The van der Waals surface area contributed by atoms with E-state index in [0.29, 0.717) is 29.1 Å². The third-order valence-electron chi connectivity index (χ3n) is 2.87. The average molecular weight is 301 g/mol. The van der Waals surface area contributed by atoms with Gasteiger partial charge in [0.2, 0.25) is 0 Å². The maximum absolute atomic E-state index is 12.5. The van der Waals surface area contributed by atoms with Crippen LogP contribution < -0.4 is 5.32 Å². The lowest BCUT2D eigenvalue weighted by atomic mass is 10.1. The molecule has 1 unspecified atom stereocenters. The quantitative estimate of drug-likeness (QED) is 0.919. The van der Waals surface area contributed by atoms with E-state index in [1.54, 1.807) is 13.2 Å². The van der Waals surface area contributed by atoms with E-state index in [0.717, 1.165) is 5.69 Å². The molecule has 0 aromatic carbocycles. The summed E-state index contributed by atoms with van der Waals surface area (Å²) in [6.07, 6.45) is 0.00600. The molecule has 1 N–H and O–H groups in total. The molecule has 0 saturated carbocycles. The first-order valence-corrected chi connectivity index (χ1v) is 6.92.